The van der Waals surface area contributed by atoms with Gasteiger partial charge in [0.25, 0.3) is 0 Å². The van der Waals surface area contributed by atoms with Crippen molar-refractivity contribution >= 4 is 35.0 Å². The molecule has 0 saturated carbocycles. The van der Waals surface area contributed by atoms with Gasteiger partial charge in [-0.25, -0.2) is 4.39 Å². The van der Waals surface area contributed by atoms with Crippen LogP contribution in [0.15, 0.2) is 18.2 Å². The molecule has 0 aromatic heterocycles. The molecule has 2 heterocycles. The predicted molar refractivity (Wildman–Crippen MR) is 99.3 cm³/mol. The summed E-state index contributed by atoms with van der Waals surface area (Å²) in [4.78, 5) is 14.7. The van der Waals surface area contributed by atoms with Crippen molar-refractivity contribution in [1.29, 1.82) is 0 Å². The molecule has 1 aromatic rings. The molecule has 2 aliphatic rings. The van der Waals surface area contributed by atoms with E-state index in [-0.39, 0.29) is 10.9 Å². The first kappa shape index (κ1) is 18.0. The fourth-order valence-electron chi connectivity index (χ4n) is 3.55. The second-order valence-electron chi connectivity index (χ2n) is 6.71. The smallest absolute Gasteiger partial charge is 0.224 e. The largest absolute Gasteiger partial charge is 0.326 e. The third kappa shape index (κ3) is 4.87. The molecule has 2 fully saturated rings. The van der Waals surface area contributed by atoms with Crippen LogP contribution in [0.1, 0.15) is 32.1 Å². The standard InChI is InChI=1S/C18H24ClFN2OS/c19-16-11-14(2-3-17(16)20)21-18(23)4-1-13-5-8-22(9-6-13)15-7-10-24-12-15/h2-3,11,13,15H,1,4-10,12H2,(H,21,23). The first-order valence-electron chi connectivity index (χ1n) is 8.68. The van der Waals surface area contributed by atoms with Crippen LogP contribution >= 0.6 is 23.4 Å². The Bertz CT molecular complexity index is 572. The third-order valence-electron chi connectivity index (χ3n) is 5.05. The summed E-state index contributed by atoms with van der Waals surface area (Å²) in [7, 11) is 0. The number of rotatable bonds is 5. The molecule has 1 unspecified atom stereocenters. The van der Waals surface area contributed by atoms with E-state index >= 15 is 0 Å². The Labute approximate surface area is 152 Å². The highest BCUT2D eigenvalue weighted by Crippen LogP contribution is 2.28. The summed E-state index contributed by atoms with van der Waals surface area (Å²) in [5.41, 5.74) is 0.556. The predicted octanol–water partition coefficient (Wildman–Crippen LogP) is 4.42. The summed E-state index contributed by atoms with van der Waals surface area (Å²) in [6, 6.07) is 5.04. The van der Waals surface area contributed by atoms with Crippen molar-refractivity contribution in [1.82, 2.24) is 4.90 Å². The molecule has 3 rings (SSSR count). The fraction of sp³-hybridized carbons (Fsp3) is 0.611. The SMILES string of the molecule is O=C(CCC1CCN(C2CCSC2)CC1)Nc1ccc(F)c(Cl)c1. The summed E-state index contributed by atoms with van der Waals surface area (Å²) in [5, 5.41) is 2.83. The Balaban J connectivity index is 1.38. The van der Waals surface area contributed by atoms with E-state index in [9.17, 15) is 9.18 Å². The van der Waals surface area contributed by atoms with Gasteiger partial charge in [-0.1, -0.05) is 11.6 Å². The second-order valence-corrected chi connectivity index (χ2v) is 8.27. The topological polar surface area (TPSA) is 32.3 Å². The van der Waals surface area contributed by atoms with E-state index in [4.69, 9.17) is 11.6 Å². The number of hydrogen-bond acceptors (Lipinski definition) is 3. The van der Waals surface area contributed by atoms with Crippen LogP contribution in [0.4, 0.5) is 10.1 Å². The monoisotopic (exact) mass is 370 g/mol. The van der Waals surface area contributed by atoms with Gasteiger partial charge in [-0.05, 0) is 68.6 Å². The van der Waals surface area contributed by atoms with Crippen LogP contribution in [-0.2, 0) is 4.79 Å². The van der Waals surface area contributed by atoms with Crippen molar-refractivity contribution < 1.29 is 9.18 Å². The van der Waals surface area contributed by atoms with Gasteiger partial charge < -0.3 is 5.32 Å². The highest BCUT2D eigenvalue weighted by atomic mass is 35.5. The molecule has 0 spiro atoms. The molecule has 0 bridgehead atoms. The van der Waals surface area contributed by atoms with E-state index in [1.807, 2.05) is 0 Å². The Hall–Kier alpha value is -0.780. The van der Waals surface area contributed by atoms with Gasteiger partial charge in [0.2, 0.25) is 5.91 Å². The molecule has 1 aromatic carbocycles. The number of anilines is 1. The maximum absolute atomic E-state index is 13.1. The van der Waals surface area contributed by atoms with Crippen molar-refractivity contribution in [2.24, 2.45) is 5.92 Å². The number of thioether (sulfide) groups is 1. The summed E-state index contributed by atoms with van der Waals surface area (Å²) in [6.45, 7) is 2.34. The number of hydrogen-bond donors (Lipinski definition) is 1. The molecule has 0 radical (unpaired) electrons. The lowest BCUT2D eigenvalue weighted by Gasteiger charge is -2.35. The van der Waals surface area contributed by atoms with Gasteiger partial charge in [-0.15, -0.1) is 0 Å². The van der Waals surface area contributed by atoms with Crippen molar-refractivity contribution in [3.63, 3.8) is 0 Å². The second kappa shape index (κ2) is 8.54. The molecule has 2 saturated heterocycles. The molecule has 6 heteroatoms. The van der Waals surface area contributed by atoms with Gasteiger partial charge in [0.15, 0.2) is 0 Å². The van der Waals surface area contributed by atoms with Crippen molar-refractivity contribution in [2.75, 3.05) is 29.9 Å². The number of benzene rings is 1. The maximum Gasteiger partial charge on any atom is 0.224 e. The molecule has 0 aliphatic carbocycles. The molecule has 1 atom stereocenters. The zero-order valence-corrected chi connectivity index (χ0v) is 15.3. The van der Waals surface area contributed by atoms with E-state index in [0.717, 1.165) is 12.5 Å². The maximum atomic E-state index is 13.1. The Morgan fingerprint density at radius 2 is 2.12 bits per heavy atom. The zero-order chi connectivity index (χ0) is 16.9. The summed E-state index contributed by atoms with van der Waals surface area (Å²) < 4.78 is 13.1. The van der Waals surface area contributed by atoms with E-state index in [1.165, 1.54) is 62.1 Å². The van der Waals surface area contributed by atoms with Crippen LogP contribution in [0.25, 0.3) is 0 Å². The number of piperidine rings is 1. The summed E-state index contributed by atoms with van der Waals surface area (Å²) in [5.74, 6) is 2.73. The van der Waals surface area contributed by atoms with E-state index in [0.29, 0.717) is 18.0 Å². The van der Waals surface area contributed by atoms with Gasteiger partial charge in [0.05, 0.1) is 5.02 Å². The van der Waals surface area contributed by atoms with Gasteiger partial charge in [0.1, 0.15) is 5.82 Å². The van der Waals surface area contributed by atoms with Crippen molar-refractivity contribution in [3.05, 3.63) is 29.0 Å². The quantitative estimate of drug-likeness (QED) is 0.832. The lowest BCUT2D eigenvalue weighted by atomic mass is 9.91. The normalized spacial score (nSPS) is 22.7. The van der Waals surface area contributed by atoms with Crippen LogP contribution in [0, 0.1) is 11.7 Å². The van der Waals surface area contributed by atoms with E-state index < -0.39 is 5.82 Å². The number of carbonyl (C=O) groups is 1. The minimum atomic E-state index is -0.470. The highest BCUT2D eigenvalue weighted by Gasteiger charge is 2.27. The first-order valence-corrected chi connectivity index (χ1v) is 10.2. The molecule has 24 heavy (non-hydrogen) atoms. The van der Waals surface area contributed by atoms with E-state index in [2.05, 4.69) is 22.0 Å². The van der Waals surface area contributed by atoms with Gasteiger partial charge in [-0.3, -0.25) is 9.69 Å². The number of nitrogens with zero attached hydrogens (tertiary/aromatic N) is 1. The number of likely N-dealkylation sites (tertiary alicyclic amines) is 1. The van der Waals surface area contributed by atoms with Crippen LogP contribution in [0.3, 0.4) is 0 Å². The highest BCUT2D eigenvalue weighted by molar-refractivity contribution is 7.99. The molecule has 132 valence electrons. The molecular weight excluding hydrogens is 347 g/mol. The van der Waals surface area contributed by atoms with E-state index in [1.54, 1.807) is 0 Å². The minimum Gasteiger partial charge on any atom is -0.326 e. The first-order chi connectivity index (χ1) is 11.6. The number of halogens is 2. The Kier molecular flexibility index (Phi) is 6.42. The Morgan fingerprint density at radius 3 is 2.79 bits per heavy atom. The zero-order valence-electron chi connectivity index (χ0n) is 13.8. The summed E-state index contributed by atoms with van der Waals surface area (Å²) >= 11 is 7.80. The molecule has 2 aliphatic heterocycles. The fourth-order valence-corrected chi connectivity index (χ4v) is 4.98. The molecule has 3 nitrogen and oxygen atoms in total. The Morgan fingerprint density at radius 1 is 1.33 bits per heavy atom. The average Bonchev–Trinajstić information content (AvgIpc) is 3.11. The van der Waals surface area contributed by atoms with Crippen LogP contribution in [-0.4, -0.2) is 41.4 Å². The number of nitrogens with one attached hydrogen (secondary N) is 1. The van der Waals surface area contributed by atoms with Crippen molar-refractivity contribution in [2.45, 2.75) is 38.1 Å². The number of amides is 1. The third-order valence-corrected chi connectivity index (χ3v) is 6.49. The molecular formula is C18H24ClFN2OS. The van der Waals surface area contributed by atoms with Gasteiger partial charge in [0, 0.05) is 23.9 Å². The molecule has 1 amide bonds. The summed E-state index contributed by atoms with van der Waals surface area (Å²) in [6.07, 6.45) is 5.15. The van der Waals surface area contributed by atoms with Gasteiger partial charge in [-0.2, -0.15) is 11.8 Å². The number of carbonyl (C=O) groups excluding carboxylic acids is 1. The lowest BCUT2D eigenvalue weighted by molar-refractivity contribution is -0.116. The average molecular weight is 371 g/mol. The van der Waals surface area contributed by atoms with Crippen LogP contribution < -0.4 is 5.32 Å². The van der Waals surface area contributed by atoms with Crippen LogP contribution in [0.2, 0.25) is 5.02 Å². The van der Waals surface area contributed by atoms with Crippen molar-refractivity contribution in [3.8, 4) is 0 Å². The van der Waals surface area contributed by atoms with Gasteiger partial charge >= 0.3 is 0 Å². The van der Waals surface area contributed by atoms with Crippen LogP contribution in [0.5, 0.6) is 0 Å². The molecule has 1 N–H and O–H groups in total. The minimum absolute atomic E-state index is 0.0210. The lowest BCUT2D eigenvalue weighted by Crippen LogP contribution is -2.41.